The second-order valence-corrected chi connectivity index (χ2v) is 7.21. The average molecular weight is 427 g/mol. The lowest BCUT2D eigenvalue weighted by Crippen LogP contribution is -2.36. The average Bonchev–Trinajstić information content (AvgIpc) is 2.70. The van der Waals surface area contributed by atoms with E-state index in [-0.39, 0.29) is 29.5 Å². The van der Waals surface area contributed by atoms with Crippen molar-refractivity contribution < 1.29 is 19.3 Å². The zero-order valence-electron chi connectivity index (χ0n) is 17.8. The van der Waals surface area contributed by atoms with Gasteiger partial charge in [0.15, 0.2) is 10.8 Å². The van der Waals surface area contributed by atoms with Crippen molar-refractivity contribution in [1.29, 1.82) is 0 Å². The Labute approximate surface area is 177 Å². The van der Waals surface area contributed by atoms with E-state index in [1.54, 1.807) is 0 Å². The standard InChI is InChI=1S/C19H25ClN2O5.C2H6/c1-19(2,3)22-18(24)17(20)16(12-21-22)27-13-14-4-6-15(7-5-14)26-11-10-25-9-8-23;1-2/h4-7,12,23H,8-11,13H2,1-3H3;1-2H3. The van der Waals surface area contributed by atoms with Crippen LogP contribution in [-0.2, 0) is 16.9 Å². The molecular weight excluding hydrogens is 396 g/mol. The highest BCUT2D eigenvalue weighted by atomic mass is 35.5. The molecule has 0 aliphatic heterocycles. The molecule has 0 radical (unpaired) electrons. The minimum atomic E-state index is -0.460. The molecule has 0 bridgehead atoms. The van der Waals surface area contributed by atoms with E-state index >= 15 is 0 Å². The summed E-state index contributed by atoms with van der Waals surface area (Å²) in [5.41, 5.74) is 0.0573. The van der Waals surface area contributed by atoms with Crippen LogP contribution in [0.15, 0.2) is 35.3 Å². The summed E-state index contributed by atoms with van der Waals surface area (Å²) >= 11 is 6.14. The zero-order valence-corrected chi connectivity index (χ0v) is 18.5. The van der Waals surface area contributed by atoms with Crippen LogP contribution in [0.1, 0.15) is 40.2 Å². The Morgan fingerprint density at radius 3 is 2.31 bits per heavy atom. The number of aliphatic hydroxyl groups excluding tert-OH is 1. The van der Waals surface area contributed by atoms with Gasteiger partial charge in [-0.05, 0) is 38.5 Å². The van der Waals surface area contributed by atoms with Crippen LogP contribution in [-0.4, -0.2) is 41.3 Å². The number of rotatable bonds is 9. The molecule has 1 aromatic carbocycles. The topological polar surface area (TPSA) is 82.8 Å². The van der Waals surface area contributed by atoms with Gasteiger partial charge in [0.2, 0.25) is 0 Å². The summed E-state index contributed by atoms with van der Waals surface area (Å²) in [4.78, 5) is 12.3. The molecule has 2 rings (SSSR count). The van der Waals surface area contributed by atoms with Gasteiger partial charge in [-0.15, -0.1) is 0 Å². The summed E-state index contributed by atoms with van der Waals surface area (Å²) in [6.07, 6.45) is 1.46. The smallest absolute Gasteiger partial charge is 0.289 e. The fraction of sp³-hybridized carbons (Fsp3) is 0.524. The molecule has 2 aromatic rings. The Morgan fingerprint density at radius 2 is 1.72 bits per heavy atom. The number of aromatic nitrogens is 2. The molecule has 1 aromatic heterocycles. The van der Waals surface area contributed by atoms with E-state index < -0.39 is 5.54 Å². The molecule has 1 N–H and O–H groups in total. The first-order valence-corrected chi connectivity index (χ1v) is 10.0. The third-order valence-electron chi connectivity index (χ3n) is 3.57. The lowest BCUT2D eigenvalue weighted by Gasteiger charge is -2.21. The number of halogens is 1. The summed E-state index contributed by atoms with van der Waals surface area (Å²) in [5.74, 6) is 0.961. The fourth-order valence-corrected chi connectivity index (χ4v) is 2.41. The Hall–Kier alpha value is -2.09. The predicted octanol–water partition coefficient (Wildman–Crippen LogP) is 3.64. The van der Waals surface area contributed by atoms with E-state index in [1.807, 2.05) is 58.9 Å². The molecular formula is C21H31ClN2O5. The van der Waals surface area contributed by atoms with Gasteiger partial charge in [0.05, 0.1) is 31.6 Å². The van der Waals surface area contributed by atoms with Crippen molar-refractivity contribution in [3.05, 3.63) is 51.4 Å². The minimum absolute atomic E-state index is 0.000307. The molecule has 162 valence electrons. The van der Waals surface area contributed by atoms with Gasteiger partial charge in [-0.1, -0.05) is 37.6 Å². The Balaban J connectivity index is 0.00000204. The van der Waals surface area contributed by atoms with E-state index in [2.05, 4.69) is 5.10 Å². The number of nitrogens with zero attached hydrogens (tertiary/aromatic N) is 2. The highest BCUT2D eigenvalue weighted by Crippen LogP contribution is 2.22. The van der Waals surface area contributed by atoms with E-state index in [4.69, 9.17) is 30.9 Å². The zero-order chi connectivity index (χ0) is 21.9. The summed E-state index contributed by atoms with van der Waals surface area (Å²) in [7, 11) is 0. The van der Waals surface area contributed by atoms with Crippen LogP contribution in [0.5, 0.6) is 11.5 Å². The van der Waals surface area contributed by atoms with Crippen molar-refractivity contribution in [2.75, 3.05) is 26.4 Å². The van der Waals surface area contributed by atoms with Gasteiger partial charge >= 0.3 is 0 Å². The van der Waals surface area contributed by atoms with Crippen LogP contribution < -0.4 is 15.0 Å². The third-order valence-corrected chi connectivity index (χ3v) is 3.92. The molecule has 0 spiro atoms. The molecule has 0 saturated heterocycles. The van der Waals surface area contributed by atoms with Crippen LogP contribution in [0.3, 0.4) is 0 Å². The highest BCUT2D eigenvalue weighted by Gasteiger charge is 2.19. The number of ether oxygens (including phenoxy) is 3. The molecule has 0 atom stereocenters. The first-order valence-electron chi connectivity index (χ1n) is 9.64. The second kappa shape index (κ2) is 12.5. The van der Waals surface area contributed by atoms with Crippen molar-refractivity contribution in [3.63, 3.8) is 0 Å². The molecule has 0 aliphatic carbocycles. The van der Waals surface area contributed by atoms with Gasteiger partial charge in [-0.25, -0.2) is 4.68 Å². The number of hydrogen-bond donors (Lipinski definition) is 1. The molecule has 0 unspecified atom stereocenters. The molecule has 0 saturated carbocycles. The quantitative estimate of drug-likeness (QED) is 0.616. The van der Waals surface area contributed by atoms with E-state index in [1.165, 1.54) is 10.9 Å². The van der Waals surface area contributed by atoms with E-state index in [9.17, 15) is 4.79 Å². The SMILES string of the molecule is CC.CC(C)(C)n1ncc(OCc2ccc(OCCOCCO)cc2)c(Cl)c1=O. The molecule has 29 heavy (non-hydrogen) atoms. The van der Waals surface area contributed by atoms with Crippen molar-refractivity contribution in [1.82, 2.24) is 9.78 Å². The molecule has 0 fully saturated rings. The van der Waals surface area contributed by atoms with Crippen LogP contribution in [0.2, 0.25) is 5.02 Å². The number of benzene rings is 1. The van der Waals surface area contributed by atoms with E-state index in [0.717, 1.165) is 5.56 Å². The fourth-order valence-electron chi connectivity index (χ4n) is 2.22. The molecule has 0 amide bonds. The Bertz CT molecular complexity index is 785. The maximum atomic E-state index is 12.3. The summed E-state index contributed by atoms with van der Waals surface area (Å²) in [6.45, 7) is 11.0. The summed E-state index contributed by atoms with van der Waals surface area (Å²) in [6, 6.07) is 7.37. The lowest BCUT2D eigenvalue weighted by molar-refractivity contribution is 0.0705. The normalized spacial score (nSPS) is 10.9. The van der Waals surface area contributed by atoms with Crippen molar-refractivity contribution >= 4 is 11.6 Å². The van der Waals surface area contributed by atoms with E-state index in [0.29, 0.717) is 25.6 Å². The minimum Gasteiger partial charge on any atom is -0.491 e. The summed E-state index contributed by atoms with van der Waals surface area (Å²) < 4.78 is 17.6. The van der Waals surface area contributed by atoms with Gasteiger partial charge in [0.25, 0.3) is 5.56 Å². The maximum Gasteiger partial charge on any atom is 0.289 e. The first-order chi connectivity index (χ1) is 13.8. The maximum absolute atomic E-state index is 12.3. The number of aliphatic hydroxyl groups is 1. The van der Waals surface area contributed by atoms with Gasteiger partial charge in [-0.3, -0.25) is 4.79 Å². The number of hydrogen-bond acceptors (Lipinski definition) is 6. The van der Waals surface area contributed by atoms with Gasteiger partial charge < -0.3 is 19.3 Å². The first kappa shape index (κ1) is 24.9. The predicted molar refractivity (Wildman–Crippen MR) is 114 cm³/mol. The Morgan fingerprint density at radius 1 is 1.07 bits per heavy atom. The lowest BCUT2D eigenvalue weighted by atomic mass is 10.1. The van der Waals surface area contributed by atoms with Crippen molar-refractivity contribution in [2.24, 2.45) is 0 Å². The monoisotopic (exact) mass is 426 g/mol. The summed E-state index contributed by atoms with van der Waals surface area (Å²) in [5, 5.41) is 12.8. The molecule has 7 nitrogen and oxygen atoms in total. The van der Waals surface area contributed by atoms with Crippen LogP contribution >= 0.6 is 11.6 Å². The second-order valence-electron chi connectivity index (χ2n) is 6.83. The van der Waals surface area contributed by atoms with Crippen LogP contribution in [0, 0.1) is 0 Å². The highest BCUT2D eigenvalue weighted by molar-refractivity contribution is 6.31. The van der Waals surface area contributed by atoms with Gasteiger partial charge in [0, 0.05) is 0 Å². The van der Waals surface area contributed by atoms with Crippen LogP contribution in [0.4, 0.5) is 0 Å². The van der Waals surface area contributed by atoms with Gasteiger partial charge in [0.1, 0.15) is 19.0 Å². The van der Waals surface area contributed by atoms with Crippen molar-refractivity contribution in [3.8, 4) is 11.5 Å². The molecule has 1 heterocycles. The molecule has 0 aliphatic rings. The third kappa shape index (κ3) is 8.04. The van der Waals surface area contributed by atoms with Crippen LogP contribution in [0.25, 0.3) is 0 Å². The largest absolute Gasteiger partial charge is 0.491 e. The van der Waals surface area contributed by atoms with Gasteiger partial charge in [-0.2, -0.15) is 5.10 Å². The molecule has 8 heteroatoms. The Kier molecular flexibility index (Phi) is 10.7. The van der Waals surface area contributed by atoms with Crippen molar-refractivity contribution in [2.45, 2.75) is 46.8 Å².